The van der Waals surface area contributed by atoms with Gasteiger partial charge in [0.2, 0.25) is 0 Å². The molecule has 3 rings (SSSR count). The van der Waals surface area contributed by atoms with E-state index in [1.807, 2.05) is 0 Å². The van der Waals surface area contributed by atoms with Crippen LogP contribution in [0.1, 0.15) is 12.6 Å². The topological polar surface area (TPSA) is 61.6 Å². The van der Waals surface area contributed by atoms with Gasteiger partial charge in [-0.05, 0) is 42.0 Å². The highest BCUT2D eigenvalue weighted by Crippen LogP contribution is 2.31. The van der Waals surface area contributed by atoms with Crippen LogP contribution in [0.2, 0.25) is 0 Å². The third-order valence-corrected chi connectivity index (χ3v) is 3.49. The standard InChI is InChI=1S/C17H15F2NO4/c1-2-22-16(21)8-13-17-12-5-4-11(23-9-15(18)19)7-10(12)3-6-14(17)24-20-13/h3-7,15H,2,8-9H2,1H3. The average molecular weight is 335 g/mol. The first-order valence-corrected chi connectivity index (χ1v) is 7.46. The lowest BCUT2D eigenvalue weighted by Crippen LogP contribution is -2.08. The first kappa shape index (κ1) is 16.2. The van der Waals surface area contributed by atoms with Crippen LogP contribution < -0.4 is 4.74 Å². The Labute approximate surface area is 136 Å². The lowest BCUT2D eigenvalue weighted by Gasteiger charge is -2.07. The molecule has 0 aliphatic heterocycles. The van der Waals surface area contributed by atoms with Crippen molar-refractivity contribution in [2.24, 2.45) is 0 Å². The molecule has 0 aliphatic rings. The largest absolute Gasteiger partial charge is 0.488 e. The van der Waals surface area contributed by atoms with E-state index in [4.69, 9.17) is 14.0 Å². The van der Waals surface area contributed by atoms with Gasteiger partial charge in [-0.15, -0.1) is 0 Å². The summed E-state index contributed by atoms with van der Waals surface area (Å²) in [6.45, 7) is 1.37. The summed E-state index contributed by atoms with van der Waals surface area (Å²) in [4.78, 5) is 11.7. The summed E-state index contributed by atoms with van der Waals surface area (Å²) in [5.41, 5.74) is 1.03. The molecule has 1 heterocycles. The fraction of sp³-hybridized carbons (Fsp3) is 0.294. The van der Waals surface area contributed by atoms with Crippen LogP contribution in [0.15, 0.2) is 34.9 Å². The minimum absolute atomic E-state index is 0.00356. The van der Waals surface area contributed by atoms with Crippen molar-refractivity contribution in [3.63, 3.8) is 0 Å². The van der Waals surface area contributed by atoms with Crippen molar-refractivity contribution in [3.8, 4) is 5.75 Å². The molecule has 126 valence electrons. The van der Waals surface area contributed by atoms with E-state index in [0.29, 0.717) is 29.0 Å². The highest BCUT2D eigenvalue weighted by Gasteiger charge is 2.16. The number of benzene rings is 2. The van der Waals surface area contributed by atoms with Crippen LogP contribution in [0.3, 0.4) is 0 Å². The molecule has 5 nitrogen and oxygen atoms in total. The summed E-state index contributed by atoms with van der Waals surface area (Å²) in [5.74, 6) is -0.0351. The van der Waals surface area contributed by atoms with E-state index in [2.05, 4.69) is 5.16 Å². The molecule has 0 saturated carbocycles. The Kier molecular flexibility index (Phi) is 4.59. The highest BCUT2D eigenvalue weighted by molar-refractivity contribution is 6.07. The summed E-state index contributed by atoms with van der Waals surface area (Å²) in [5, 5.41) is 6.24. The number of nitrogens with zero attached hydrogens (tertiary/aromatic N) is 1. The summed E-state index contributed by atoms with van der Waals surface area (Å²) in [6.07, 6.45) is -2.53. The van der Waals surface area contributed by atoms with Crippen molar-refractivity contribution in [1.29, 1.82) is 0 Å². The first-order valence-electron chi connectivity index (χ1n) is 7.46. The van der Waals surface area contributed by atoms with Gasteiger partial charge in [-0.3, -0.25) is 4.79 Å². The molecule has 0 aliphatic carbocycles. The van der Waals surface area contributed by atoms with Crippen molar-refractivity contribution in [2.75, 3.05) is 13.2 Å². The number of aromatic nitrogens is 1. The van der Waals surface area contributed by atoms with Gasteiger partial charge >= 0.3 is 5.97 Å². The minimum atomic E-state index is -2.53. The fourth-order valence-corrected chi connectivity index (χ4v) is 2.53. The maximum Gasteiger partial charge on any atom is 0.312 e. The van der Waals surface area contributed by atoms with Gasteiger partial charge in [0, 0.05) is 0 Å². The summed E-state index contributed by atoms with van der Waals surface area (Å²) < 4.78 is 39.7. The van der Waals surface area contributed by atoms with Crippen LogP contribution in [0.25, 0.3) is 21.7 Å². The van der Waals surface area contributed by atoms with Crippen LogP contribution in [0.5, 0.6) is 5.75 Å². The predicted octanol–water partition coefficient (Wildman–Crippen LogP) is 3.73. The monoisotopic (exact) mass is 335 g/mol. The molecule has 0 amide bonds. The zero-order valence-electron chi connectivity index (χ0n) is 12.9. The molecule has 0 bridgehead atoms. The lowest BCUT2D eigenvalue weighted by atomic mass is 10.0. The van der Waals surface area contributed by atoms with E-state index in [1.165, 1.54) is 0 Å². The van der Waals surface area contributed by atoms with Crippen LogP contribution in [-0.2, 0) is 16.0 Å². The number of rotatable bonds is 6. The van der Waals surface area contributed by atoms with Gasteiger partial charge in [-0.2, -0.15) is 0 Å². The number of hydrogen-bond donors (Lipinski definition) is 0. The molecule has 0 radical (unpaired) electrons. The second-order valence-electron chi connectivity index (χ2n) is 5.13. The van der Waals surface area contributed by atoms with Crippen molar-refractivity contribution in [3.05, 3.63) is 36.0 Å². The number of esters is 1. The van der Waals surface area contributed by atoms with Crippen LogP contribution >= 0.6 is 0 Å². The van der Waals surface area contributed by atoms with E-state index < -0.39 is 13.0 Å². The molecule has 0 unspecified atom stereocenters. The number of carbonyl (C=O) groups is 1. The van der Waals surface area contributed by atoms with E-state index >= 15 is 0 Å². The predicted molar refractivity (Wildman–Crippen MR) is 83.4 cm³/mol. The van der Waals surface area contributed by atoms with Crippen molar-refractivity contribution in [2.45, 2.75) is 19.8 Å². The summed E-state index contributed by atoms with van der Waals surface area (Å²) in [6, 6.07) is 8.51. The van der Waals surface area contributed by atoms with Gasteiger partial charge in [-0.1, -0.05) is 11.2 Å². The number of fused-ring (bicyclic) bond motifs is 3. The number of halogens is 2. The molecular formula is C17H15F2NO4. The van der Waals surface area contributed by atoms with Crippen molar-refractivity contribution in [1.82, 2.24) is 5.16 Å². The molecule has 0 fully saturated rings. The maximum absolute atomic E-state index is 12.2. The molecule has 0 atom stereocenters. The lowest BCUT2D eigenvalue weighted by molar-refractivity contribution is -0.142. The summed E-state index contributed by atoms with van der Waals surface area (Å²) >= 11 is 0. The second kappa shape index (κ2) is 6.82. The Bertz CT molecular complexity index is 876. The maximum atomic E-state index is 12.2. The zero-order chi connectivity index (χ0) is 17.1. The Hall–Kier alpha value is -2.70. The number of ether oxygens (including phenoxy) is 2. The van der Waals surface area contributed by atoms with Gasteiger partial charge in [-0.25, -0.2) is 8.78 Å². The molecule has 2 aromatic carbocycles. The smallest absolute Gasteiger partial charge is 0.312 e. The molecule has 0 saturated heterocycles. The number of carbonyl (C=O) groups excluding carboxylic acids is 1. The Morgan fingerprint density at radius 3 is 2.88 bits per heavy atom. The first-order chi connectivity index (χ1) is 11.6. The van der Waals surface area contributed by atoms with Gasteiger partial charge in [0.25, 0.3) is 6.43 Å². The van der Waals surface area contributed by atoms with Crippen LogP contribution in [-0.4, -0.2) is 30.8 Å². The third kappa shape index (κ3) is 3.29. The Morgan fingerprint density at radius 2 is 2.12 bits per heavy atom. The molecular weight excluding hydrogens is 320 g/mol. The van der Waals surface area contributed by atoms with Gasteiger partial charge in [0.1, 0.15) is 18.1 Å². The van der Waals surface area contributed by atoms with Gasteiger partial charge in [0.15, 0.2) is 5.58 Å². The molecule has 0 N–H and O–H groups in total. The minimum Gasteiger partial charge on any atom is -0.488 e. The van der Waals surface area contributed by atoms with E-state index in [9.17, 15) is 13.6 Å². The van der Waals surface area contributed by atoms with Crippen LogP contribution in [0.4, 0.5) is 8.78 Å². The molecule has 3 aromatic rings. The Balaban J connectivity index is 1.99. The average Bonchev–Trinajstić information content (AvgIpc) is 2.96. The number of hydrogen-bond acceptors (Lipinski definition) is 5. The normalized spacial score (nSPS) is 11.3. The van der Waals surface area contributed by atoms with E-state index in [1.54, 1.807) is 37.3 Å². The zero-order valence-corrected chi connectivity index (χ0v) is 12.9. The summed E-state index contributed by atoms with van der Waals surface area (Å²) in [7, 11) is 0. The van der Waals surface area contributed by atoms with Gasteiger partial charge in [0.05, 0.1) is 18.4 Å². The van der Waals surface area contributed by atoms with E-state index in [0.717, 1.165) is 10.8 Å². The molecule has 0 spiro atoms. The fourth-order valence-electron chi connectivity index (χ4n) is 2.53. The number of alkyl halides is 2. The third-order valence-electron chi connectivity index (χ3n) is 3.49. The molecule has 24 heavy (non-hydrogen) atoms. The highest BCUT2D eigenvalue weighted by atomic mass is 19.3. The second-order valence-corrected chi connectivity index (χ2v) is 5.13. The quantitative estimate of drug-likeness (QED) is 0.642. The Morgan fingerprint density at radius 1 is 1.29 bits per heavy atom. The van der Waals surface area contributed by atoms with E-state index in [-0.39, 0.29) is 12.4 Å². The van der Waals surface area contributed by atoms with Crippen molar-refractivity contribution < 1.29 is 27.6 Å². The van der Waals surface area contributed by atoms with Crippen LogP contribution in [0, 0.1) is 0 Å². The molecule has 1 aromatic heterocycles. The SMILES string of the molecule is CCOC(=O)Cc1noc2ccc3cc(OCC(F)F)ccc3c12. The van der Waals surface area contributed by atoms with Crippen molar-refractivity contribution >= 4 is 27.7 Å². The van der Waals surface area contributed by atoms with Gasteiger partial charge < -0.3 is 14.0 Å². The molecule has 7 heteroatoms.